The van der Waals surface area contributed by atoms with E-state index in [0.717, 1.165) is 0 Å². The number of nitrogens with two attached hydrogens (primary N) is 1. The first-order valence-corrected chi connectivity index (χ1v) is 6.75. The molecule has 0 bridgehead atoms. The van der Waals surface area contributed by atoms with Crippen molar-refractivity contribution in [2.24, 2.45) is 5.84 Å². The molecule has 0 radical (unpaired) electrons. The summed E-state index contributed by atoms with van der Waals surface area (Å²) in [5, 5.41) is 0. The standard InChI is InChI=1S/C14H19N5O2/c1-4-20-13-16-12(19-15)17-14(18-13)21-11-7-5-10(6-8-11)9(2)3/h5-9H,4,15H2,1-3H3,(H,16,17,18,19). The van der Waals surface area contributed by atoms with E-state index >= 15 is 0 Å². The number of ether oxygens (including phenoxy) is 2. The maximum absolute atomic E-state index is 5.60. The summed E-state index contributed by atoms with van der Waals surface area (Å²) in [6.07, 6.45) is 0. The summed E-state index contributed by atoms with van der Waals surface area (Å²) in [5.41, 5.74) is 3.59. The van der Waals surface area contributed by atoms with Gasteiger partial charge >= 0.3 is 12.0 Å². The predicted molar refractivity (Wildman–Crippen MR) is 79.4 cm³/mol. The maximum atomic E-state index is 5.60. The van der Waals surface area contributed by atoms with Gasteiger partial charge in [-0.1, -0.05) is 26.0 Å². The zero-order valence-corrected chi connectivity index (χ0v) is 12.3. The van der Waals surface area contributed by atoms with Crippen molar-refractivity contribution in [2.45, 2.75) is 26.7 Å². The van der Waals surface area contributed by atoms with E-state index in [1.165, 1.54) is 5.56 Å². The van der Waals surface area contributed by atoms with E-state index < -0.39 is 0 Å². The van der Waals surface area contributed by atoms with Gasteiger partial charge in [-0.05, 0) is 30.5 Å². The fraction of sp³-hybridized carbons (Fsp3) is 0.357. The molecule has 0 aliphatic carbocycles. The lowest BCUT2D eigenvalue weighted by Gasteiger charge is -2.09. The predicted octanol–water partition coefficient (Wildman–Crippen LogP) is 2.47. The van der Waals surface area contributed by atoms with E-state index in [1.807, 2.05) is 31.2 Å². The van der Waals surface area contributed by atoms with Gasteiger partial charge in [-0.3, -0.25) is 5.43 Å². The minimum absolute atomic E-state index is 0.124. The number of aromatic nitrogens is 3. The van der Waals surface area contributed by atoms with Gasteiger partial charge in [0.1, 0.15) is 5.75 Å². The van der Waals surface area contributed by atoms with Crippen LogP contribution >= 0.6 is 0 Å². The first kappa shape index (κ1) is 15.0. The number of hydrogen-bond donors (Lipinski definition) is 2. The van der Waals surface area contributed by atoms with Gasteiger partial charge in [-0.15, -0.1) is 4.98 Å². The largest absolute Gasteiger partial charge is 0.464 e. The lowest BCUT2D eigenvalue weighted by molar-refractivity contribution is 0.304. The average molecular weight is 289 g/mol. The van der Waals surface area contributed by atoms with Crippen molar-refractivity contribution in [3.63, 3.8) is 0 Å². The molecule has 0 aliphatic rings. The smallest absolute Gasteiger partial charge is 0.330 e. The maximum Gasteiger partial charge on any atom is 0.330 e. The molecule has 0 aliphatic heterocycles. The Balaban J connectivity index is 2.19. The van der Waals surface area contributed by atoms with Crippen LogP contribution in [0.25, 0.3) is 0 Å². The lowest BCUT2D eigenvalue weighted by Crippen LogP contribution is -2.12. The molecule has 7 nitrogen and oxygen atoms in total. The first-order valence-electron chi connectivity index (χ1n) is 6.75. The van der Waals surface area contributed by atoms with Gasteiger partial charge in [0.15, 0.2) is 0 Å². The van der Waals surface area contributed by atoms with Gasteiger partial charge in [-0.2, -0.15) is 9.97 Å². The molecule has 21 heavy (non-hydrogen) atoms. The molecule has 1 aromatic carbocycles. The zero-order chi connectivity index (χ0) is 15.2. The molecule has 112 valence electrons. The quantitative estimate of drug-likeness (QED) is 0.623. The van der Waals surface area contributed by atoms with Crippen molar-refractivity contribution in [3.05, 3.63) is 29.8 Å². The number of nitrogen functional groups attached to an aromatic ring is 1. The Kier molecular flexibility index (Phi) is 4.89. The van der Waals surface area contributed by atoms with Gasteiger partial charge < -0.3 is 9.47 Å². The summed E-state index contributed by atoms with van der Waals surface area (Å²) < 4.78 is 10.8. The highest BCUT2D eigenvalue weighted by atomic mass is 16.5. The average Bonchev–Trinajstić information content (AvgIpc) is 2.48. The van der Waals surface area contributed by atoms with E-state index in [-0.39, 0.29) is 18.0 Å². The van der Waals surface area contributed by atoms with Gasteiger partial charge in [0.05, 0.1) is 6.61 Å². The number of hydrazine groups is 1. The van der Waals surface area contributed by atoms with Crippen molar-refractivity contribution in [1.29, 1.82) is 0 Å². The van der Waals surface area contributed by atoms with Crippen LogP contribution in [0.2, 0.25) is 0 Å². The molecule has 0 amide bonds. The molecular weight excluding hydrogens is 270 g/mol. The molecule has 2 rings (SSSR count). The molecule has 2 aromatic rings. The Morgan fingerprint density at radius 3 is 2.33 bits per heavy atom. The molecular formula is C14H19N5O2. The van der Waals surface area contributed by atoms with Crippen molar-refractivity contribution < 1.29 is 9.47 Å². The molecule has 0 saturated carbocycles. The molecule has 0 unspecified atom stereocenters. The Bertz CT molecular complexity index is 586. The number of nitrogens with one attached hydrogen (secondary N) is 1. The Hall–Kier alpha value is -2.41. The van der Waals surface area contributed by atoms with Crippen LogP contribution in [0.15, 0.2) is 24.3 Å². The van der Waals surface area contributed by atoms with Gasteiger partial charge in [0.2, 0.25) is 5.95 Å². The highest BCUT2D eigenvalue weighted by Gasteiger charge is 2.09. The molecule has 1 aromatic heterocycles. The number of nitrogens with zero attached hydrogens (tertiary/aromatic N) is 3. The topological polar surface area (TPSA) is 95.2 Å². The minimum Gasteiger partial charge on any atom is -0.464 e. The highest BCUT2D eigenvalue weighted by molar-refractivity contribution is 5.32. The van der Waals surface area contributed by atoms with Gasteiger partial charge in [-0.25, -0.2) is 5.84 Å². The fourth-order valence-corrected chi connectivity index (χ4v) is 1.67. The summed E-state index contributed by atoms with van der Waals surface area (Å²) >= 11 is 0. The molecule has 0 saturated heterocycles. The summed E-state index contributed by atoms with van der Waals surface area (Å²) in [7, 11) is 0. The van der Waals surface area contributed by atoms with Crippen LogP contribution in [0.1, 0.15) is 32.3 Å². The Morgan fingerprint density at radius 2 is 1.76 bits per heavy atom. The third-order valence-corrected chi connectivity index (χ3v) is 2.75. The monoisotopic (exact) mass is 289 g/mol. The van der Waals surface area contributed by atoms with Crippen LogP contribution in [0.4, 0.5) is 5.95 Å². The molecule has 7 heteroatoms. The normalized spacial score (nSPS) is 10.5. The SMILES string of the molecule is CCOc1nc(NN)nc(Oc2ccc(C(C)C)cc2)n1. The number of anilines is 1. The van der Waals surface area contributed by atoms with E-state index in [0.29, 0.717) is 18.3 Å². The Morgan fingerprint density at radius 1 is 1.10 bits per heavy atom. The van der Waals surface area contributed by atoms with Crippen molar-refractivity contribution in [2.75, 3.05) is 12.0 Å². The summed E-state index contributed by atoms with van der Waals surface area (Å²) in [4.78, 5) is 12.0. The summed E-state index contributed by atoms with van der Waals surface area (Å²) in [6, 6.07) is 8.04. The lowest BCUT2D eigenvalue weighted by atomic mass is 10.0. The third kappa shape index (κ3) is 4.03. The first-order chi connectivity index (χ1) is 10.1. The van der Waals surface area contributed by atoms with Crippen LogP contribution in [0.5, 0.6) is 17.8 Å². The highest BCUT2D eigenvalue weighted by Crippen LogP contribution is 2.23. The van der Waals surface area contributed by atoms with Crippen LogP contribution < -0.4 is 20.7 Å². The minimum atomic E-state index is 0.124. The second-order valence-corrected chi connectivity index (χ2v) is 4.63. The van der Waals surface area contributed by atoms with E-state index in [1.54, 1.807) is 0 Å². The van der Waals surface area contributed by atoms with Crippen LogP contribution in [-0.2, 0) is 0 Å². The Labute approximate surface area is 123 Å². The van der Waals surface area contributed by atoms with E-state index in [2.05, 4.69) is 34.2 Å². The van der Waals surface area contributed by atoms with E-state index in [4.69, 9.17) is 15.3 Å². The zero-order valence-electron chi connectivity index (χ0n) is 12.3. The second-order valence-electron chi connectivity index (χ2n) is 4.63. The van der Waals surface area contributed by atoms with Crippen LogP contribution in [-0.4, -0.2) is 21.6 Å². The van der Waals surface area contributed by atoms with Crippen molar-refractivity contribution in [1.82, 2.24) is 15.0 Å². The third-order valence-electron chi connectivity index (χ3n) is 2.75. The van der Waals surface area contributed by atoms with Crippen LogP contribution in [0, 0.1) is 0 Å². The second kappa shape index (κ2) is 6.85. The van der Waals surface area contributed by atoms with Gasteiger partial charge in [0, 0.05) is 0 Å². The van der Waals surface area contributed by atoms with Crippen LogP contribution in [0.3, 0.4) is 0 Å². The van der Waals surface area contributed by atoms with Crippen molar-refractivity contribution >= 4 is 5.95 Å². The molecule has 0 spiro atoms. The number of rotatable bonds is 6. The summed E-state index contributed by atoms with van der Waals surface area (Å²) in [5.74, 6) is 6.60. The molecule has 0 fully saturated rings. The fourth-order valence-electron chi connectivity index (χ4n) is 1.67. The van der Waals surface area contributed by atoms with Crippen molar-refractivity contribution in [3.8, 4) is 17.8 Å². The number of hydrogen-bond acceptors (Lipinski definition) is 7. The van der Waals surface area contributed by atoms with E-state index in [9.17, 15) is 0 Å². The molecule has 3 N–H and O–H groups in total. The molecule has 0 atom stereocenters. The van der Waals surface area contributed by atoms with Gasteiger partial charge in [0.25, 0.3) is 0 Å². The molecule has 1 heterocycles. The number of benzene rings is 1. The summed E-state index contributed by atoms with van der Waals surface area (Å²) in [6.45, 7) is 6.55.